The Kier molecular flexibility index (Phi) is 5.95. The van der Waals surface area contributed by atoms with E-state index in [4.69, 9.17) is 4.74 Å². The number of methoxy groups -OCH3 is 1. The van der Waals surface area contributed by atoms with Crippen molar-refractivity contribution in [3.63, 3.8) is 0 Å². The molecule has 88 valence electrons. The minimum absolute atomic E-state index is 0.167. The predicted octanol–water partition coefficient (Wildman–Crippen LogP) is 0.917. The Morgan fingerprint density at radius 2 is 2.38 bits per heavy atom. The summed E-state index contributed by atoms with van der Waals surface area (Å²) < 4.78 is 4.87. The first kappa shape index (κ1) is 12.4. The minimum Gasteiger partial charge on any atom is -0.385 e. The zero-order valence-electron chi connectivity index (χ0n) is 9.40. The minimum atomic E-state index is -0.167. The van der Waals surface area contributed by atoms with Gasteiger partial charge in [-0.15, -0.1) is 0 Å². The maximum absolute atomic E-state index is 11.3. The van der Waals surface area contributed by atoms with E-state index in [-0.39, 0.29) is 6.03 Å². The van der Waals surface area contributed by atoms with Crippen LogP contribution < -0.4 is 10.6 Å². The molecule has 5 nitrogen and oxygen atoms in total. The molecule has 0 aromatic carbocycles. The first-order chi connectivity index (χ1) is 7.83. The lowest BCUT2D eigenvalue weighted by Gasteiger charge is -2.06. The third-order valence-corrected chi connectivity index (χ3v) is 1.99. The average molecular weight is 223 g/mol. The molecule has 0 bridgehead atoms. The molecular weight excluding hydrogens is 206 g/mol. The summed E-state index contributed by atoms with van der Waals surface area (Å²) in [6.07, 6.45) is 4.25. The Morgan fingerprint density at radius 3 is 3.06 bits per heavy atom. The first-order valence-corrected chi connectivity index (χ1v) is 5.22. The molecule has 16 heavy (non-hydrogen) atoms. The lowest BCUT2D eigenvalue weighted by molar-refractivity contribution is 0.193. The van der Waals surface area contributed by atoms with Crippen molar-refractivity contribution < 1.29 is 9.53 Å². The second kappa shape index (κ2) is 7.64. The fraction of sp³-hybridized carbons (Fsp3) is 0.455. The van der Waals surface area contributed by atoms with Crippen molar-refractivity contribution >= 4 is 6.03 Å². The van der Waals surface area contributed by atoms with Crippen LogP contribution in [-0.2, 0) is 11.3 Å². The quantitative estimate of drug-likeness (QED) is 0.705. The Morgan fingerprint density at radius 1 is 1.50 bits per heavy atom. The van der Waals surface area contributed by atoms with E-state index >= 15 is 0 Å². The van der Waals surface area contributed by atoms with E-state index in [0.717, 1.165) is 12.0 Å². The monoisotopic (exact) mass is 223 g/mol. The SMILES string of the molecule is COCCCNC(=O)NCc1cccnc1. The molecular formula is C11H17N3O2. The van der Waals surface area contributed by atoms with Crippen LogP contribution in [0.25, 0.3) is 0 Å². The Bertz CT molecular complexity index is 303. The van der Waals surface area contributed by atoms with Crippen molar-refractivity contribution in [3.8, 4) is 0 Å². The van der Waals surface area contributed by atoms with Crippen LogP contribution in [-0.4, -0.2) is 31.3 Å². The standard InChI is InChI=1S/C11H17N3O2/c1-16-7-3-6-13-11(15)14-9-10-4-2-5-12-8-10/h2,4-5,8H,3,6-7,9H2,1H3,(H2,13,14,15). The van der Waals surface area contributed by atoms with Gasteiger partial charge in [0.05, 0.1) is 0 Å². The summed E-state index contributed by atoms with van der Waals surface area (Å²) in [5, 5.41) is 5.48. The number of aromatic nitrogens is 1. The fourth-order valence-electron chi connectivity index (χ4n) is 1.17. The zero-order chi connectivity index (χ0) is 11.6. The number of amides is 2. The number of hydrogen-bond donors (Lipinski definition) is 2. The summed E-state index contributed by atoms with van der Waals surface area (Å²) >= 11 is 0. The van der Waals surface area contributed by atoms with Gasteiger partial charge in [-0.2, -0.15) is 0 Å². The molecule has 2 amide bonds. The second-order valence-corrected chi connectivity index (χ2v) is 3.32. The van der Waals surface area contributed by atoms with E-state index in [1.54, 1.807) is 19.5 Å². The van der Waals surface area contributed by atoms with Crippen molar-refractivity contribution in [3.05, 3.63) is 30.1 Å². The topological polar surface area (TPSA) is 63.2 Å². The molecule has 2 N–H and O–H groups in total. The van der Waals surface area contributed by atoms with Gasteiger partial charge in [-0.25, -0.2) is 4.79 Å². The lowest BCUT2D eigenvalue weighted by Crippen LogP contribution is -2.35. The van der Waals surface area contributed by atoms with Gasteiger partial charge in [0.2, 0.25) is 0 Å². The van der Waals surface area contributed by atoms with Gasteiger partial charge in [-0.05, 0) is 18.1 Å². The summed E-state index contributed by atoms with van der Waals surface area (Å²) in [6, 6.07) is 3.59. The molecule has 1 aromatic rings. The van der Waals surface area contributed by atoms with Crippen LogP contribution in [0.2, 0.25) is 0 Å². The van der Waals surface area contributed by atoms with Gasteiger partial charge in [-0.1, -0.05) is 6.07 Å². The third-order valence-electron chi connectivity index (χ3n) is 1.99. The number of hydrogen-bond acceptors (Lipinski definition) is 3. The van der Waals surface area contributed by atoms with Crippen molar-refractivity contribution in [2.24, 2.45) is 0 Å². The molecule has 0 aliphatic heterocycles. The molecule has 0 fully saturated rings. The molecule has 1 rings (SSSR count). The highest BCUT2D eigenvalue weighted by atomic mass is 16.5. The summed E-state index contributed by atoms with van der Waals surface area (Å²) in [6.45, 7) is 1.76. The van der Waals surface area contributed by atoms with Crippen LogP contribution in [0.5, 0.6) is 0 Å². The molecule has 0 aliphatic carbocycles. The largest absolute Gasteiger partial charge is 0.385 e. The van der Waals surface area contributed by atoms with E-state index in [1.165, 1.54) is 0 Å². The van der Waals surface area contributed by atoms with Gasteiger partial charge in [0.25, 0.3) is 0 Å². The van der Waals surface area contributed by atoms with Crippen LogP contribution in [0.3, 0.4) is 0 Å². The predicted molar refractivity (Wildman–Crippen MR) is 61.0 cm³/mol. The first-order valence-electron chi connectivity index (χ1n) is 5.22. The van der Waals surface area contributed by atoms with Gasteiger partial charge in [0.15, 0.2) is 0 Å². The van der Waals surface area contributed by atoms with Crippen LogP contribution in [0.15, 0.2) is 24.5 Å². The van der Waals surface area contributed by atoms with Crippen LogP contribution in [0.1, 0.15) is 12.0 Å². The number of carbonyl (C=O) groups is 1. The number of nitrogens with one attached hydrogen (secondary N) is 2. The maximum Gasteiger partial charge on any atom is 0.315 e. The molecule has 0 atom stereocenters. The van der Waals surface area contributed by atoms with Gasteiger partial charge in [0, 0.05) is 39.2 Å². The van der Waals surface area contributed by atoms with Crippen LogP contribution in [0, 0.1) is 0 Å². The summed E-state index contributed by atoms with van der Waals surface area (Å²) in [5.41, 5.74) is 0.981. The van der Waals surface area contributed by atoms with Gasteiger partial charge in [-0.3, -0.25) is 4.98 Å². The molecule has 0 aliphatic rings. The van der Waals surface area contributed by atoms with Gasteiger partial charge in [0.1, 0.15) is 0 Å². The molecule has 1 heterocycles. The van der Waals surface area contributed by atoms with Crippen LogP contribution >= 0.6 is 0 Å². The molecule has 1 aromatic heterocycles. The van der Waals surface area contributed by atoms with Crippen molar-refractivity contribution in [2.45, 2.75) is 13.0 Å². The Labute approximate surface area is 95.2 Å². The molecule has 0 unspecified atom stereocenters. The number of urea groups is 1. The fourth-order valence-corrected chi connectivity index (χ4v) is 1.17. The van der Waals surface area contributed by atoms with E-state index in [1.807, 2.05) is 12.1 Å². The number of ether oxygens (including phenoxy) is 1. The van der Waals surface area contributed by atoms with Crippen molar-refractivity contribution in [2.75, 3.05) is 20.3 Å². The van der Waals surface area contributed by atoms with Gasteiger partial charge < -0.3 is 15.4 Å². The zero-order valence-corrected chi connectivity index (χ0v) is 9.40. The molecule has 0 radical (unpaired) electrons. The van der Waals surface area contributed by atoms with E-state index in [9.17, 15) is 4.79 Å². The van der Waals surface area contributed by atoms with Crippen molar-refractivity contribution in [1.29, 1.82) is 0 Å². The Hall–Kier alpha value is -1.62. The third kappa shape index (κ3) is 5.31. The number of pyridine rings is 1. The molecule has 5 heteroatoms. The smallest absolute Gasteiger partial charge is 0.315 e. The highest BCUT2D eigenvalue weighted by Crippen LogP contribution is 1.93. The van der Waals surface area contributed by atoms with Crippen molar-refractivity contribution in [1.82, 2.24) is 15.6 Å². The average Bonchev–Trinajstić information content (AvgIpc) is 2.33. The van der Waals surface area contributed by atoms with Gasteiger partial charge >= 0.3 is 6.03 Å². The summed E-state index contributed by atoms with van der Waals surface area (Å²) in [5.74, 6) is 0. The summed E-state index contributed by atoms with van der Waals surface area (Å²) in [4.78, 5) is 15.3. The number of carbonyl (C=O) groups excluding carboxylic acids is 1. The Balaban J connectivity index is 2.11. The van der Waals surface area contributed by atoms with E-state index in [2.05, 4.69) is 15.6 Å². The lowest BCUT2D eigenvalue weighted by atomic mass is 10.3. The highest BCUT2D eigenvalue weighted by Gasteiger charge is 1.98. The molecule has 0 saturated carbocycles. The maximum atomic E-state index is 11.3. The number of rotatable bonds is 6. The summed E-state index contributed by atoms with van der Waals surface area (Å²) in [7, 11) is 1.64. The van der Waals surface area contributed by atoms with E-state index < -0.39 is 0 Å². The normalized spacial score (nSPS) is 9.81. The molecule has 0 spiro atoms. The second-order valence-electron chi connectivity index (χ2n) is 3.32. The van der Waals surface area contributed by atoms with E-state index in [0.29, 0.717) is 19.7 Å². The van der Waals surface area contributed by atoms with Crippen LogP contribution in [0.4, 0.5) is 4.79 Å². The number of nitrogens with zero attached hydrogens (tertiary/aromatic N) is 1. The highest BCUT2D eigenvalue weighted by molar-refractivity contribution is 5.73. The molecule has 0 saturated heterocycles.